The molecule has 1 aromatic carbocycles. The number of hydrogen-bond donors (Lipinski definition) is 1. The maximum atomic E-state index is 12.4. The Morgan fingerprint density at radius 2 is 2.00 bits per heavy atom. The van der Waals surface area contributed by atoms with Gasteiger partial charge in [0.05, 0.1) is 22.9 Å². The number of nitrogens with one attached hydrogen (secondary N) is 1. The summed E-state index contributed by atoms with van der Waals surface area (Å²) in [7, 11) is 0. The quantitative estimate of drug-likeness (QED) is 0.657. The maximum Gasteiger partial charge on any atom is 0.261 e. The molecule has 0 atom stereocenters. The molecule has 0 unspecified atom stereocenters. The van der Waals surface area contributed by atoms with Gasteiger partial charge in [0, 0.05) is 31.7 Å². The van der Waals surface area contributed by atoms with Crippen molar-refractivity contribution < 1.29 is 4.79 Å². The van der Waals surface area contributed by atoms with Crippen LogP contribution < -0.4 is 10.9 Å². The highest BCUT2D eigenvalue weighted by Gasteiger charge is 2.06. The van der Waals surface area contributed by atoms with Gasteiger partial charge in [-0.3, -0.25) is 18.8 Å². The van der Waals surface area contributed by atoms with Crippen molar-refractivity contribution in [2.45, 2.75) is 39.8 Å². The largest absolute Gasteiger partial charge is 0.356 e. The van der Waals surface area contributed by atoms with Crippen LogP contribution in [0.3, 0.4) is 0 Å². The van der Waals surface area contributed by atoms with Crippen LogP contribution in [0.25, 0.3) is 10.9 Å². The van der Waals surface area contributed by atoms with Gasteiger partial charge in [0.25, 0.3) is 5.56 Å². The van der Waals surface area contributed by atoms with Crippen LogP contribution in [0.5, 0.6) is 0 Å². The van der Waals surface area contributed by atoms with Gasteiger partial charge in [-0.2, -0.15) is 5.10 Å². The molecule has 2 heterocycles. The smallest absolute Gasteiger partial charge is 0.261 e. The highest BCUT2D eigenvalue weighted by Crippen LogP contribution is 2.05. The van der Waals surface area contributed by atoms with Crippen molar-refractivity contribution in [2.24, 2.45) is 0 Å². The van der Waals surface area contributed by atoms with Crippen LogP contribution in [0.1, 0.15) is 24.2 Å². The molecule has 0 aliphatic rings. The lowest BCUT2D eigenvalue weighted by Crippen LogP contribution is -2.28. The normalized spacial score (nSPS) is 11.0. The fourth-order valence-corrected chi connectivity index (χ4v) is 2.93. The van der Waals surface area contributed by atoms with Gasteiger partial charge in [-0.25, -0.2) is 4.98 Å². The molecule has 0 radical (unpaired) electrons. The summed E-state index contributed by atoms with van der Waals surface area (Å²) in [4.78, 5) is 28.6. The van der Waals surface area contributed by atoms with Gasteiger partial charge in [-0.05, 0) is 38.5 Å². The highest BCUT2D eigenvalue weighted by atomic mass is 16.1. The van der Waals surface area contributed by atoms with Crippen molar-refractivity contribution in [1.82, 2.24) is 24.6 Å². The summed E-state index contributed by atoms with van der Waals surface area (Å²) in [5.41, 5.74) is 2.67. The lowest BCUT2D eigenvalue weighted by Gasteiger charge is -2.08. The summed E-state index contributed by atoms with van der Waals surface area (Å²) in [5, 5.41) is 7.86. The summed E-state index contributed by atoms with van der Waals surface area (Å²) >= 11 is 0. The maximum absolute atomic E-state index is 12.4. The van der Waals surface area contributed by atoms with Crippen molar-refractivity contribution in [3.05, 3.63) is 58.4 Å². The predicted molar refractivity (Wildman–Crippen MR) is 99.9 cm³/mol. The highest BCUT2D eigenvalue weighted by molar-refractivity contribution is 5.77. The minimum absolute atomic E-state index is 0.0709. The third kappa shape index (κ3) is 4.17. The Labute approximate surface area is 151 Å². The number of aryl methyl sites for hydroxylation is 4. The number of carbonyl (C=O) groups is 1. The molecule has 0 spiro atoms. The third-order valence-electron chi connectivity index (χ3n) is 4.28. The van der Waals surface area contributed by atoms with Gasteiger partial charge < -0.3 is 5.32 Å². The Morgan fingerprint density at radius 3 is 2.77 bits per heavy atom. The minimum Gasteiger partial charge on any atom is -0.356 e. The zero-order valence-corrected chi connectivity index (χ0v) is 15.1. The number of benzene rings is 1. The van der Waals surface area contributed by atoms with E-state index in [4.69, 9.17) is 0 Å². The predicted octanol–water partition coefficient (Wildman–Crippen LogP) is 1.81. The van der Waals surface area contributed by atoms with Gasteiger partial charge in [-0.15, -0.1) is 0 Å². The van der Waals surface area contributed by atoms with Crippen LogP contribution in [0.4, 0.5) is 0 Å². The Kier molecular flexibility index (Phi) is 5.46. The van der Waals surface area contributed by atoms with E-state index < -0.39 is 0 Å². The van der Waals surface area contributed by atoms with Crippen molar-refractivity contribution in [1.29, 1.82) is 0 Å². The molecule has 7 nitrogen and oxygen atoms in total. The summed E-state index contributed by atoms with van der Waals surface area (Å²) in [6.07, 6.45) is 2.56. The number of carbonyl (C=O) groups excluding carboxylic acids is 1. The Balaban J connectivity index is 1.46. The van der Waals surface area contributed by atoms with Gasteiger partial charge >= 0.3 is 0 Å². The molecule has 0 bridgehead atoms. The van der Waals surface area contributed by atoms with E-state index in [0.717, 1.165) is 24.4 Å². The monoisotopic (exact) mass is 353 g/mol. The molecule has 136 valence electrons. The van der Waals surface area contributed by atoms with E-state index >= 15 is 0 Å². The van der Waals surface area contributed by atoms with Gasteiger partial charge in [0.2, 0.25) is 5.91 Å². The number of amides is 1. The van der Waals surface area contributed by atoms with Crippen LogP contribution in [0.15, 0.2) is 41.5 Å². The second-order valence-electron chi connectivity index (χ2n) is 6.36. The van der Waals surface area contributed by atoms with Gasteiger partial charge in [0.15, 0.2) is 0 Å². The fraction of sp³-hybridized carbons (Fsp3) is 0.368. The van der Waals surface area contributed by atoms with E-state index in [1.165, 1.54) is 10.9 Å². The molecule has 0 saturated carbocycles. The fourth-order valence-electron chi connectivity index (χ4n) is 2.93. The summed E-state index contributed by atoms with van der Waals surface area (Å²) in [6.45, 7) is 5.67. The molecule has 7 heteroatoms. The number of nitrogens with zero attached hydrogens (tertiary/aromatic N) is 4. The molecule has 3 aromatic rings. The summed E-state index contributed by atoms with van der Waals surface area (Å²) in [6, 6.07) is 9.24. The van der Waals surface area contributed by atoms with E-state index in [0.29, 0.717) is 24.0 Å². The molecule has 0 fully saturated rings. The molecule has 0 saturated heterocycles. The Morgan fingerprint density at radius 1 is 1.19 bits per heavy atom. The lowest BCUT2D eigenvalue weighted by atomic mass is 10.2. The number of aromatic nitrogens is 4. The molecule has 1 amide bonds. The average Bonchev–Trinajstić information content (AvgIpc) is 2.95. The van der Waals surface area contributed by atoms with Crippen molar-refractivity contribution in [2.75, 3.05) is 6.54 Å². The first-order valence-electron chi connectivity index (χ1n) is 8.76. The first-order chi connectivity index (χ1) is 12.5. The standard InChI is InChI=1S/C19H23N5O2/c1-14-12-15(2)24(22-14)10-5-9-20-18(25)8-11-23-13-21-17-7-4-3-6-16(17)19(23)26/h3-4,6-7,12-13H,5,8-11H2,1-2H3,(H,20,25). The summed E-state index contributed by atoms with van der Waals surface area (Å²) in [5.74, 6) is -0.0709. The molecule has 1 N–H and O–H groups in total. The molecule has 3 rings (SSSR count). The van der Waals surface area contributed by atoms with Gasteiger partial charge in [0.1, 0.15) is 0 Å². The average molecular weight is 353 g/mol. The van der Waals surface area contributed by atoms with E-state index in [1.54, 1.807) is 12.1 Å². The zero-order valence-electron chi connectivity index (χ0n) is 15.1. The van der Waals surface area contributed by atoms with Crippen molar-refractivity contribution in [3.8, 4) is 0 Å². The first kappa shape index (κ1) is 17.8. The Bertz CT molecular complexity index is 973. The third-order valence-corrected chi connectivity index (χ3v) is 4.28. The van der Waals surface area contributed by atoms with Crippen LogP contribution >= 0.6 is 0 Å². The number of rotatable bonds is 7. The Hall–Kier alpha value is -2.96. The van der Waals surface area contributed by atoms with Crippen LogP contribution in [-0.2, 0) is 17.9 Å². The van der Waals surface area contributed by atoms with E-state index in [-0.39, 0.29) is 17.9 Å². The lowest BCUT2D eigenvalue weighted by molar-refractivity contribution is -0.121. The van der Waals surface area contributed by atoms with Crippen LogP contribution in [0.2, 0.25) is 0 Å². The van der Waals surface area contributed by atoms with Crippen LogP contribution in [0, 0.1) is 13.8 Å². The van der Waals surface area contributed by atoms with E-state index in [9.17, 15) is 9.59 Å². The van der Waals surface area contributed by atoms with Crippen molar-refractivity contribution >= 4 is 16.8 Å². The zero-order chi connectivity index (χ0) is 18.5. The SMILES string of the molecule is Cc1cc(C)n(CCCNC(=O)CCn2cnc3ccccc3c2=O)n1. The summed E-state index contributed by atoms with van der Waals surface area (Å²) < 4.78 is 3.43. The van der Waals surface area contributed by atoms with E-state index in [1.807, 2.05) is 36.7 Å². The second kappa shape index (κ2) is 7.95. The molecule has 0 aliphatic heterocycles. The first-order valence-corrected chi connectivity index (χ1v) is 8.76. The second-order valence-corrected chi connectivity index (χ2v) is 6.36. The van der Waals surface area contributed by atoms with Gasteiger partial charge in [-0.1, -0.05) is 12.1 Å². The molecular weight excluding hydrogens is 330 g/mol. The molecule has 26 heavy (non-hydrogen) atoms. The molecule has 0 aliphatic carbocycles. The van der Waals surface area contributed by atoms with Crippen molar-refractivity contribution in [3.63, 3.8) is 0 Å². The molecule has 2 aromatic heterocycles. The number of hydrogen-bond acceptors (Lipinski definition) is 4. The van der Waals surface area contributed by atoms with E-state index in [2.05, 4.69) is 15.4 Å². The number of para-hydroxylation sites is 1. The molecular formula is C19H23N5O2. The van der Waals surface area contributed by atoms with Crippen LogP contribution in [-0.4, -0.2) is 31.8 Å². The minimum atomic E-state index is -0.118. The topological polar surface area (TPSA) is 81.8 Å². The number of fused-ring (bicyclic) bond motifs is 1.